The molecular formula is C16H19N3O3S. The second kappa shape index (κ2) is 7.06. The zero-order valence-corrected chi connectivity index (χ0v) is 13.8. The van der Waals surface area contributed by atoms with Crippen LogP contribution in [0.5, 0.6) is 0 Å². The number of nitro groups is 1. The second-order valence-corrected chi connectivity index (χ2v) is 6.66. The maximum atomic E-state index is 11.0. The molecule has 1 unspecified atom stereocenters. The summed E-state index contributed by atoms with van der Waals surface area (Å²) in [7, 11) is 0. The van der Waals surface area contributed by atoms with E-state index in [0.717, 1.165) is 38.4 Å². The van der Waals surface area contributed by atoms with E-state index < -0.39 is 4.92 Å². The first-order valence-corrected chi connectivity index (χ1v) is 8.52. The van der Waals surface area contributed by atoms with Crippen molar-refractivity contribution in [2.24, 2.45) is 0 Å². The summed E-state index contributed by atoms with van der Waals surface area (Å²) < 4.78 is 5.74. The molecule has 0 N–H and O–H groups in total. The summed E-state index contributed by atoms with van der Waals surface area (Å²) in [5, 5.41) is 13.0. The van der Waals surface area contributed by atoms with Crippen LogP contribution in [0.25, 0.3) is 0 Å². The number of ether oxygens (including phenoxy) is 1. The van der Waals surface area contributed by atoms with Gasteiger partial charge in [-0.1, -0.05) is 6.07 Å². The highest BCUT2D eigenvalue weighted by Gasteiger charge is 2.22. The molecule has 0 saturated carbocycles. The van der Waals surface area contributed by atoms with Gasteiger partial charge in [0.25, 0.3) is 5.69 Å². The fourth-order valence-electron chi connectivity index (χ4n) is 2.77. The van der Waals surface area contributed by atoms with Crippen LogP contribution in [-0.4, -0.2) is 29.2 Å². The van der Waals surface area contributed by atoms with Gasteiger partial charge in [0.05, 0.1) is 17.6 Å². The summed E-state index contributed by atoms with van der Waals surface area (Å²) in [6, 6.07) is 7.38. The average Bonchev–Trinajstić information content (AvgIpc) is 3.19. The number of thiophene rings is 1. The first-order valence-electron chi connectivity index (χ1n) is 7.64. The predicted molar refractivity (Wildman–Crippen MR) is 90.0 cm³/mol. The third kappa shape index (κ3) is 3.86. The number of aryl methyl sites for hydroxylation is 1. The molecule has 0 spiro atoms. The van der Waals surface area contributed by atoms with Gasteiger partial charge in [0.1, 0.15) is 11.5 Å². The van der Waals surface area contributed by atoms with E-state index in [1.807, 2.05) is 11.4 Å². The fourth-order valence-corrected chi connectivity index (χ4v) is 3.49. The quantitative estimate of drug-likeness (QED) is 0.597. The third-order valence-corrected chi connectivity index (χ3v) is 4.80. The van der Waals surface area contributed by atoms with Crippen LogP contribution in [0.15, 0.2) is 29.6 Å². The summed E-state index contributed by atoms with van der Waals surface area (Å²) >= 11 is 1.70. The van der Waals surface area contributed by atoms with Gasteiger partial charge in [0.2, 0.25) is 0 Å². The normalized spacial score (nSPS) is 17.3. The molecule has 1 fully saturated rings. The topological polar surface area (TPSA) is 68.5 Å². The van der Waals surface area contributed by atoms with Crippen LogP contribution in [0.2, 0.25) is 0 Å². The number of rotatable bonds is 6. The molecule has 7 heteroatoms. The van der Waals surface area contributed by atoms with E-state index in [9.17, 15) is 10.1 Å². The highest BCUT2D eigenvalue weighted by Crippen LogP contribution is 2.25. The molecule has 3 heterocycles. The molecule has 0 radical (unpaired) electrons. The number of hydrogen-bond acceptors (Lipinski definition) is 6. The minimum atomic E-state index is -0.393. The Morgan fingerprint density at radius 1 is 1.48 bits per heavy atom. The minimum Gasteiger partial charge on any atom is -0.376 e. The molecule has 0 amide bonds. The van der Waals surface area contributed by atoms with Crippen molar-refractivity contribution in [3.63, 3.8) is 0 Å². The van der Waals surface area contributed by atoms with E-state index in [2.05, 4.69) is 16.0 Å². The van der Waals surface area contributed by atoms with Gasteiger partial charge in [0, 0.05) is 24.1 Å². The summed E-state index contributed by atoms with van der Waals surface area (Å²) in [4.78, 5) is 18.4. The van der Waals surface area contributed by atoms with Crippen molar-refractivity contribution in [2.75, 3.05) is 18.1 Å². The number of pyridine rings is 1. The molecule has 1 saturated heterocycles. The smallest absolute Gasteiger partial charge is 0.290 e. The lowest BCUT2D eigenvalue weighted by atomic mass is 10.2. The maximum absolute atomic E-state index is 11.0. The number of nitrogens with zero attached hydrogens (tertiary/aromatic N) is 3. The Kier molecular flexibility index (Phi) is 4.88. The lowest BCUT2D eigenvalue weighted by Crippen LogP contribution is -2.32. The Hall–Kier alpha value is -1.99. The largest absolute Gasteiger partial charge is 0.376 e. The number of hydrogen-bond donors (Lipinski definition) is 0. The Labute approximate surface area is 138 Å². The van der Waals surface area contributed by atoms with Crippen molar-refractivity contribution in [2.45, 2.75) is 32.4 Å². The van der Waals surface area contributed by atoms with Gasteiger partial charge < -0.3 is 9.64 Å². The highest BCUT2D eigenvalue weighted by atomic mass is 32.1. The van der Waals surface area contributed by atoms with Crippen molar-refractivity contribution in [1.29, 1.82) is 0 Å². The third-order valence-electron chi connectivity index (χ3n) is 3.94. The zero-order chi connectivity index (χ0) is 16.2. The van der Waals surface area contributed by atoms with Gasteiger partial charge in [0.15, 0.2) is 0 Å². The second-order valence-electron chi connectivity index (χ2n) is 5.63. The molecule has 3 rings (SSSR count). The molecule has 1 aliphatic heterocycles. The minimum absolute atomic E-state index is 0.0574. The number of aromatic nitrogens is 1. The summed E-state index contributed by atoms with van der Waals surface area (Å²) in [6.45, 7) is 3.98. The van der Waals surface area contributed by atoms with Gasteiger partial charge in [-0.2, -0.15) is 0 Å². The van der Waals surface area contributed by atoms with Gasteiger partial charge >= 0.3 is 0 Å². The monoisotopic (exact) mass is 333 g/mol. The molecule has 0 aliphatic carbocycles. The standard InChI is InChI=1S/C16H19N3O3S/c1-12-15(19(20)21)6-7-16(17-12)18(10-13-4-2-8-22-13)11-14-5-3-9-23-14/h3,5-7,9,13H,2,4,8,10-11H2,1H3. The molecule has 1 atom stereocenters. The van der Waals surface area contributed by atoms with Gasteiger partial charge in [-0.25, -0.2) is 4.98 Å². The molecule has 0 aromatic carbocycles. The lowest BCUT2D eigenvalue weighted by Gasteiger charge is -2.26. The average molecular weight is 333 g/mol. The van der Waals surface area contributed by atoms with Gasteiger partial charge in [-0.15, -0.1) is 11.3 Å². The van der Waals surface area contributed by atoms with Gasteiger partial charge in [-0.3, -0.25) is 10.1 Å². The van der Waals surface area contributed by atoms with E-state index in [1.165, 1.54) is 10.9 Å². The van der Waals surface area contributed by atoms with Crippen LogP contribution >= 0.6 is 11.3 Å². The Morgan fingerprint density at radius 3 is 2.96 bits per heavy atom. The Bertz CT molecular complexity index is 669. The van der Waals surface area contributed by atoms with Crippen molar-refractivity contribution in [3.8, 4) is 0 Å². The zero-order valence-electron chi connectivity index (χ0n) is 13.0. The Balaban J connectivity index is 1.84. The molecule has 2 aromatic rings. The molecule has 2 aromatic heterocycles. The SMILES string of the molecule is Cc1nc(N(Cc2cccs2)CC2CCCO2)ccc1[N+](=O)[O-]. The van der Waals surface area contributed by atoms with Crippen molar-refractivity contribution in [3.05, 3.63) is 50.3 Å². The van der Waals surface area contributed by atoms with E-state index in [1.54, 1.807) is 24.3 Å². The fraction of sp³-hybridized carbons (Fsp3) is 0.438. The van der Waals surface area contributed by atoms with Crippen molar-refractivity contribution in [1.82, 2.24) is 4.98 Å². The van der Waals surface area contributed by atoms with Crippen LogP contribution < -0.4 is 4.90 Å². The molecule has 122 valence electrons. The summed E-state index contributed by atoms with van der Waals surface area (Å²) in [5.41, 5.74) is 0.498. The van der Waals surface area contributed by atoms with Crippen LogP contribution in [-0.2, 0) is 11.3 Å². The Morgan fingerprint density at radius 2 is 2.35 bits per heavy atom. The summed E-state index contributed by atoms with van der Waals surface area (Å²) in [6.07, 6.45) is 2.34. The van der Waals surface area contributed by atoms with E-state index in [-0.39, 0.29) is 11.8 Å². The van der Waals surface area contributed by atoms with Crippen LogP contribution in [0.1, 0.15) is 23.4 Å². The molecule has 1 aliphatic rings. The van der Waals surface area contributed by atoms with Gasteiger partial charge in [-0.05, 0) is 37.3 Å². The lowest BCUT2D eigenvalue weighted by molar-refractivity contribution is -0.385. The first-order chi connectivity index (χ1) is 11.1. The van der Waals surface area contributed by atoms with E-state index in [4.69, 9.17) is 4.74 Å². The van der Waals surface area contributed by atoms with Crippen molar-refractivity contribution < 1.29 is 9.66 Å². The highest BCUT2D eigenvalue weighted by molar-refractivity contribution is 7.09. The van der Waals surface area contributed by atoms with E-state index in [0.29, 0.717) is 5.69 Å². The number of anilines is 1. The summed E-state index contributed by atoms with van der Waals surface area (Å²) in [5.74, 6) is 0.761. The maximum Gasteiger partial charge on any atom is 0.290 e. The molecule has 6 nitrogen and oxygen atoms in total. The molecule has 0 bridgehead atoms. The van der Waals surface area contributed by atoms with Crippen LogP contribution in [0.3, 0.4) is 0 Å². The van der Waals surface area contributed by atoms with Crippen molar-refractivity contribution >= 4 is 22.8 Å². The van der Waals surface area contributed by atoms with Crippen LogP contribution in [0, 0.1) is 17.0 Å². The van der Waals surface area contributed by atoms with Crippen LogP contribution in [0.4, 0.5) is 11.5 Å². The first kappa shape index (κ1) is 15.9. The molecule has 23 heavy (non-hydrogen) atoms. The predicted octanol–water partition coefficient (Wildman–Crippen LogP) is 3.55. The molecular weight excluding hydrogens is 314 g/mol. The van der Waals surface area contributed by atoms with E-state index >= 15 is 0 Å².